The van der Waals surface area contributed by atoms with Crippen LogP contribution in [0.1, 0.15) is 50.0 Å². The van der Waals surface area contributed by atoms with Crippen LogP contribution in [0.5, 0.6) is 0 Å². The average molecular weight is 510 g/mol. The molecule has 7 nitrogen and oxygen atoms in total. The summed E-state index contributed by atoms with van der Waals surface area (Å²) in [4.78, 5) is 33.8. The summed E-state index contributed by atoms with van der Waals surface area (Å²) in [6.45, 7) is 9.04. The van der Waals surface area contributed by atoms with E-state index in [-0.39, 0.29) is 18.0 Å². The molecule has 4 rings (SSSR count). The second-order valence-corrected chi connectivity index (χ2v) is 10.2. The standard InChI is InChI=1S/C28H32ClN3O4/c1-5-14-36-27(34)32-13-12-31(17-18(32)2)26(33)20-8-11-22-23(29)16-24(30-25(22)15-20)19-6-9-21(10-7-19)28(3,4)35/h6-11,15-16,18,35H,5,12-14,17H2,1-4H3/t18-/m1/s1. The minimum Gasteiger partial charge on any atom is -0.449 e. The van der Waals surface area contributed by atoms with Gasteiger partial charge in [0, 0.05) is 42.2 Å². The number of rotatable bonds is 5. The van der Waals surface area contributed by atoms with Crippen LogP contribution in [0, 0.1) is 0 Å². The molecular formula is C28H32ClN3O4. The summed E-state index contributed by atoms with van der Waals surface area (Å²) in [5, 5.41) is 11.5. The van der Waals surface area contributed by atoms with Gasteiger partial charge in [-0.1, -0.05) is 48.9 Å². The number of aliphatic hydroxyl groups is 1. The Balaban J connectivity index is 1.55. The Labute approximate surface area is 216 Å². The molecule has 1 aliphatic rings. The Bertz CT molecular complexity index is 1270. The smallest absolute Gasteiger partial charge is 0.410 e. The number of carbonyl (C=O) groups excluding carboxylic acids is 2. The highest BCUT2D eigenvalue weighted by Crippen LogP contribution is 2.30. The van der Waals surface area contributed by atoms with Gasteiger partial charge in [0.05, 0.1) is 28.4 Å². The Morgan fingerprint density at radius 1 is 1.14 bits per heavy atom. The maximum Gasteiger partial charge on any atom is 0.410 e. The van der Waals surface area contributed by atoms with Gasteiger partial charge in [0.2, 0.25) is 0 Å². The van der Waals surface area contributed by atoms with E-state index in [0.717, 1.165) is 22.9 Å². The molecule has 3 aromatic rings. The molecule has 0 spiro atoms. The Hall–Kier alpha value is -3.16. The molecule has 190 valence electrons. The first-order valence-electron chi connectivity index (χ1n) is 12.2. The van der Waals surface area contributed by atoms with Crippen molar-refractivity contribution in [3.63, 3.8) is 0 Å². The maximum atomic E-state index is 13.3. The van der Waals surface area contributed by atoms with Crippen molar-refractivity contribution in [2.75, 3.05) is 26.2 Å². The van der Waals surface area contributed by atoms with Crippen LogP contribution in [0.25, 0.3) is 22.2 Å². The third-order valence-electron chi connectivity index (χ3n) is 6.47. The van der Waals surface area contributed by atoms with Crippen molar-refractivity contribution < 1.29 is 19.4 Å². The maximum absolute atomic E-state index is 13.3. The number of nitrogens with zero attached hydrogens (tertiary/aromatic N) is 3. The topological polar surface area (TPSA) is 83.0 Å². The molecule has 0 saturated carbocycles. The summed E-state index contributed by atoms with van der Waals surface area (Å²) < 4.78 is 5.26. The van der Waals surface area contributed by atoms with Gasteiger partial charge in [0.25, 0.3) is 5.91 Å². The van der Waals surface area contributed by atoms with Gasteiger partial charge in [-0.05, 0) is 51.0 Å². The van der Waals surface area contributed by atoms with E-state index in [9.17, 15) is 14.7 Å². The van der Waals surface area contributed by atoms with Gasteiger partial charge in [0.15, 0.2) is 0 Å². The molecule has 2 heterocycles. The molecule has 0 aliphatic carbocycles. The first-order chi connectivity index (χ1) is 17.1. The molecule has 1 aliphatic heterocycles. The molecule has 2 aromatic carbocycles. The number of hydrogen-bond acceptors (Lipinski definition) is 5. The highest BCUT2D eigenvalue weighted by atomic mass is 35.5. The molecule has 2 amide bonds. The third kappa shape index (κ3) is 5.47. The number of pyridine rings is 1. The zero-order valence-corrected chi connectivity index (χ0v) is 21.9. The molecule has 1 atom stereocenters. The van der Waals surface area contributed by atoms with Crippen molar-refractivity contribution in [3.8, 4) is 11.3 Å². The molecular weight excluding hydrogens is 478 g/mol. The second kappa shape index (κ2) is 10.4. The fraction of sp³-hybridized carbons (Fsp3) is 0.393. The normalized spacial score (nSPS) is 16.3. The first kappa shape index (κ1) is 25.9. The molecule has 1 aromatic heterocycles. The van der Waals surface area contributed by atoms with Crippen LogP contribution in [-0.4, -0.2) is 64.2 Å². The predicted molar refractivity (Wildman–Crippen MR) is 141 cm³/mol. The lowest BCUT2D eigenvalue weighted by molar-refractivity contribution is 0.0412. The zero-order valence-electron chi connectivity index (χ0n) is 21.1. The van der Waals surface area contributed by atoms with Crippen LogP contribution in [0.3, 0.4) is 0 Å². The van der Waals surface area contributed by atoms with Crippen LogP contribution in [-0.2, 0) is 10.3 Å². The highest BCUT2D eigenvalue weighted by molar-refractivity contribution is 6.35. The summed E-state index contributed by atoms with van der Waals surface area (Å²) in [6.07, 6.45) is 0.441. The number of carbonyl (C=O) groups is 2. The summed E-state index contributed by atoms with van der Waals surface area (Å²) >= 11 is 6.57. The van der Waals surface area contributed by atoms with E-state index < -0.39 is 5.60 Å². The molecule has 1 fully saturated rings. The van der Waals surface area contributed by atoms with E-state index in [2.05, 4.69) is 0 Å². The number of benzene rings is 2. The zero-order chi connectivity index (χ0) is 26.0. The van der Waals surface area contributed by atoms with Crippen LogP contribution < -0.4 is 0 Å². The van der Waals surface area contributed by atoms with E-state index >= 15 is 0 Å². The van der Waals surface area contributed by atoms with E-state index in [4.69, 9.17) is 21.3 Å². The molecule has 1 N–H and O–H groups in total. The largest absolute Gasteiger partial charge is 0.449 e. The molecule has 0 bridgehead atoms. The van der Waals surface area contributed by atoms with Gasteiger partial charge < -0.3 is 19.6 Å². The highest BCUT2D eigenvalue weighted by Gasteiger charge is 2.31. The predicted octanol–water partition coefficient (Wildman–Crippen LogP) is 5.48. The summed E-state index contributed by atoms with van der Waals surface area (Å²) in [7, 11) is 0. The lowest BCUT2D eigenvalue weighted by Crippen LogP contribution is -2.55. The SMILES string of the molecule is CCCOC(=O)N1CCN(C(=O)c2ccc3c(Cl)cc(-c4ccc(C(C)(C)O)cc4)nc3c2)C[C@H]1C. The fourth-order valence-corrected chi connectivity index (χ4v) is 4.65. The lowest BCUT2D eigenvalue weighted by Gasteiger charge is -2.39. The number of fused-ring (bicyclic) bond motifs is 1. The monoisotopic (exact) mass is 509 g/mol. The van der Waals surface area contributed by atoms with Crippen LogP contribution in [0.2, 0.25) is 5.02 Å². The lowest BCUT2D eigenvalue weighted by atomic mass is 9.96. The number of piperazine rings is 1. The molecule has 0 radical (unpaired) electrons. The van der Waals surface area contributed by atoms with E-state index in [0.29, 0.717) is 48.0 Å². The second-order valence-electron chi connectivity index (χ2n) is 9.77. The Kier molecular flexibility index (Phi) is 7.52. The van der Waals surface area contributed by atoms with Crippen molar-refractivity contribution in [2.45, 2.75) is 45.8 Å². The minimum absolute atomic E-state index is 0.108. The van der Waals surface area contributed by atoms with Crippen molar-refractivity contribution in [2.24, 2.45) is 0 Å². The minimum atomic E-state index is -0.930. The number of aromatic nitrogens is 1. The van der Waals surface area contributed by atoms with E-state index in [1.807, 2.05) is 50.2 Å². The quantitative estimate of drug-likeness (QED) is 0.492. The third-order valence-corrected chi connectivity index (χ3v) is 6.79. The van der Waals surface area contributed by atoms with Crippen molar-refractivity contribution in [1.82, 2.24) is 14.8 Å². The van der Waals surface area contributed by atoms with Gasteiger partial charge in [0.1, 0.15) is 0 Å². The van der Waals surface area contributed by atoms with Crippen molar-refractivity contribution >= 4 is 34.5 Å². The summed E-state index contributed by atoms with van der Waals surface area (Å²) in [5.41, 5.74) is 2.58. The number of halogens is 1. The van der Waals surface area contributed by atoms with E-state index in [1.165, 1.54) is 0 Å². The fourth-order valence-electron chi connectivity index (χ4n) is 4.38. The van der Waals surface area contributed by atoms with Gasteiger partial charge >= 0.3 is 6.09 Å². The van der Waals surface area contributed by atoms with E-state index in [1.54, 1.807) is 35.8 Å². The van der Waals surface area contributed by atoms with Crippen LogP contribution in [0.4, 0.5) is 4.79 Å². The van der Waals surface area contributed by atoms with Crippen molar-refractivity contribution in [1.29, 1.82) is 0 Å². The molecule has 1 saturated heterocycles. The Morgan fingerprint density at radius 3 is 2.50 bits per heavy atom. The number of ether oxygens (including phenoxy) is 1. The Morgan fingerprint density at radius 2 is 1.86 bits per heavy atom. The molecule has 36 heavy (non-hydrogen) atoms. The molecule has 0 unspecified atom stereocenters. The number of hydrogen-bond donors (Lipinski definition) is 1. The summed E-state index contributed by atoms with van der Waals surface area (Å²) in [6, 6.07) is 14.6. The van der Waals surface area contributed by atoms with Gasteiger partial charge in [-0.3, -0.25) is 4.79 Å². The average Bonchev–Trinajstić information content (AvgIpc) is 2.86. The van der Waals surface area contributed by atoms with Crippen LogP contribution in [0.15, 0.2) is 48.5 Å². The number of amides is 2. The van der Waals surface area contributed by atoms with Gasteiger partial charge in [-0.2, -0.15) is 0 Å². The van der Waals surface area contributed by atoms with Gasteiger partial charge in [-0.15, -0.1) is 0 Å². The molecule has 8 heteroatoms. The first-order valence-corrected chi connectivity index (χ1v) is 12.6. The summed E-state index contributed by atoms with van der Waals surface area (Å²) in [5.74, 6) is -0.108. The van der Waals surface area contributed by atoms with Gasteiger partial charge in [-0.25, -0.2) is 9.78 Å². The van der Waals surface area contributed by atoms with Crippen molar-refractivity contribution in [3.05, 3.63) is 64.7 Å². The van der Waals surface area contributed by atoms with Crippen LogP contribution >= 0.6 is 11.6 Å².